The molecule has 0 fully saturated rings. The minimum Gasteiger partial charge on any atom is -0.378 e. The summed E-state index contributed by atoms with van der Waals surface area (Å²) in [6.07, 6.45) is 0. The second-order valence-corrected chi connectivity index (χ2v) is 4.26. The number of nitrogens with two attached hydrogens (primary N) is 2. The van der Waals surface area contributed by atoms with Crippen LogP contribution in [-0.2, 0) is 18.9 Å². The Hall–Kier alpha value is -0.970. The molecule has 9 nitrogen and oxygen atoms in total. The van der Waals surface area contributed by atoms with Crippen LogP contribution in [-0.4, -0.2) is 85.0 Å². The molecule has 0 aliphatic carbocycles. The SMILES string of the molecule is N=C(NCCOCCOCCN)NCCOCCOCCN. The first-order valence-electron chi connectivity index (χ1n) is 7.58. The van der Waals surface area contributed by atoms with Crippen molar-refractivity contribution >= 4 is 5.96 Å². The van der Waals surface area contributed by atoms with Crippen molar-refractivity contribution in [3.05, 3.63) is 0 Å². The van der Waals surface area contributed by atoms with Crippen molar-refractivity contribution in [2.24, 2.45) is 11.5 Å². The molecule has 0 spiro atoms. The van der Waals surface area contributed by atoms with Crippen molar-refractivity contribution in [2.45, 2.75) is 0 Å². The van der Waals surface area contributed by atoms with Crippen LogP contribution in [0.1, 0.15) is 0 Å². The first-order valence-corrected chi connectivity index (χ1v) is 7.58. The van der Waals surface area contributed by atoms with Gasteiger partial charge >= 0.3 is 0 Å². The summed E-state index contributed by atoms with van der Waals surface area (Å²) in [6, 6.07) is 0. The summed E-state index contributed by atoms with van der Waals surface area (Å²) in [5.41, 5.74) is 10.6. The Bertz CT molecular complexity index is 224. The van der Waals surface area contributed by atoms with E-state index in [1.165, 1.54) is 0 Å². The van der Waals surface area contributed by atoms with Gasteiger partial charge in [-0.1, -0.05) is 0 Å². The third kappa shape index (κ3) is 17.1. The normalized spacial score (nSPS) is 10.6. The third-order valence-corrected chi connectivity index (χ3v) is 2.36. The molecule has 0 unspecified atom stereocenters. The molecule has 0 saturated heterocycles. The Labute approximate surface area is 132 Å². The highest BCUT2D eigenvalue weighted by Gasteiger charge is 1.95. The van der Waals surface area contributed by atoms with Gasteiger partial charge in [0, 0.05) is 26.2 Å². The van der Waals surface area contributed by atoms with Gasteiger partial charge in [0.2, 0.25) is 0 Å². The number of nitrogens with one attached hydrogen (secondary N) is 3. The van der Waals surface area contributed by atoms with Gasteiger partial charge in [-0.25, -0.2) is 0 Å². The molecule has 0 radical (unpaired) electrons. The smallest absolute Gasteiger partial charge is 0.188 e. The molecule has 0 aromatic heterocycles. The lowest BCUT2D eigenvalue weighted by Crippen LogP contribution is -2.39. The van der Waals surface area contributed by atoms with Crippen LogP contribution in [0.15, 0.2) is 0 Å². The molecule has 0 aliphatic rings. The Balaban J connectivity index is 3.13. The number of guanidine groups is 1. The third-order valence-electron chi connectivity index (χ3n) is 2.36. The van der Waals surface area contributed by atoms with Crippen molar-refractivity contribution in [2.75, 3.05) is 79.0 Å². The van der Waals surface area contributed by atoms with Crippen LogP contribution in [0.25, 0.3) is 0 Å². The molecule has 0 aromatic rings. The van der Waals surface area contributed by atoms with Gasteiger partial charge < -0.3 is 41.0 Å². The monoisotopic (exact) mass is 321 g/mol. The van der Waals surface area contributed by atoms with Gasteiger partial charge in [-0.15, -0.1) is 0 Å². The lowest BCUT2D eigenvalue weighted by Gasteiger charge is -2.11. The van der Waals surface area contributed by atoms with Gasteiger partial charge in [0.25, 0.3) is 0 Å². The summed E-state index contributed by atoms with van der Waals surface area (Å²) < 4.78 is 21.0. The maximum atomic E-state index is 7.62. The highest BCUT2D eigenvalue weighted by molar-refractivity contribution is 5.76. The lowest BCUT2D eigenvalue weighted by atomic mass is 10.6. The Morgan fingerprint density at radius 1 is 0.636 bits per heavy atom. The minimum absolute atomic E-state index is 0.256. The van der Waals surface area contributed by atoms with Gasteiger partial charge in [-0.3, -0.25) is 5.41 Å². The van der Waals surface area contributed by atoms with Crippen LogP contribution in [0.2, 0.25) is 0 Å². The number of hydrogen-bond acceptors (Lipinski definition) is 7. The fraction of sp³-hybridized carbons (Fsp3) is 0.923. The average molecular weight is 321 g/mol. The van der Waals surface area contributed by atoms with Gasteiger partial charge in [0.1, 0.15) is 0 Å². The Kier molecular flexibility index (Phi) is 17.3. The molecule has 7 N–H and O–H groups in total. The van der Waals surface area contributed by atoms with E-state index in [2.05, 4.69) is 10.6 Å². The van der Waals surface area contributed by atoms with E-state index in [9.17, 15) is 0 Å². The van der Waals surface area contributed by atoms with Gasteiger partial charge in [0.15, 0.2) is 5.96 Å². The summed E-state index contributed by atoms with van der Waals surface area (Å²) in [5, 5.41) is 13.4. The van der Waals surface area contributed by atoms with E-state index in [-0.39, 0.29) is 5.96 Å². The first kappa shape index (κ1) is 21.0. The van der Waals surface area contributed by atoms with Crippen molar-refractivity contribution < 1.29 is 18.9 Å². The van der Waals surface area contributed by atoms with E-state index in [0.717, 1.165) is 0 Å². The van der Waals surface area contributed by atoms with Gasteiger partial charge in [-0.05, 0) is 0 Å². The second-order valence-electron chi connectivity index (χ2n) is 4.26. The standard InChI is InChI=1S/C13H31N5O4/c14-1-5-19-9-11-21-7-3-17-13(16)18-4-8-22-12-10-20-6-2-15/h1-12,14-15H2,(H3,16,17,18). The molecule has 0 bridgehead atoms. The predicted octanol–water partition coefficient (Wildman–Crippen LogP) is -1.92. The van der Waals surface area contributed by atoms with Crippen LogP contribution < -0.4 is 22.1 Å². The van der Waals surface area contributed by atoms with Crippen LogP contribution in [0.5, 0.6) is 0 Å². The number of rotatable bonds is 16. The Morgan fingerprint density at radius 2 is 1.00 bits per heavy atom. The fourth-order valence-corrected chi connectivity index (χ4v) is 1.37. The summed E-state index contributed by atoms with van der Waals surface area (Å²) in [5.74, 6) is 0.256. The molecular weight excluding hydrogens is 290 g/mol. The number of ether oxygens (including phenoxy) is 4. The van der Waals surface area contributed by atoms with Crippen LogP contribution in [0.3, 0.4) is 0 Å². The van der Waals surface area contributed by atoms with Crippen LogP contribution in [0.4, 0.5) is 0 Å². The zero-order chi connectivity index (χ0) is 16.3. The largest absolute Gasteiger partial charge is 0.378 e. The van der Waals surface area contributed by atoms with Gasteiger partial charge in [0.05, 0.1) is 52.9 Å². The molecule has 0 saturated carbocycles. The summed E-state index contributed by atoms with van der Waals surface area (Å²) in [7, 11) is 0. The van der Waals surface area contributed by atoms with Crippen molar-refractivity contribution in [1.29, 1.82) is 5.41 Å². The summed E-state index contributed by atoms with van der Waals surface area (Å²) >= 11 is 0. The van der Waals surface area contributed by atoms with E-state index in [0.29, 0.717) is 79.0 Å². The molecule has 0 aliphatic heterocycles. The zero-order valence-electron chi connectivity index (χ0n) is 13.3. The van der Waals surface area contributed by atoms with E-state index in [1.54, 1.807) is 0 Å². The molecular formula is C13H31N5O4. The molecule has 0 amide bonds. The lowest BCUT2D eigenvalue weighted by molar-refractivity contribution is 0.0520. The quantitative estimate of drug-likeness (QED) is 0.126. The fourth-order valence-electron chi connectivity index (χ4n) is 1.37. The summed E-state index contributed by atoms with van der Waals surface area (Å²) in [6.45, 7) is 6.46. The molecule has 0 atom stereocenters. The highest BCUT2D eigenvalue weighted by Crippen LogP contribution is 1.78. The zero-order valence-corrected chi connectivity index (χ0v) is 13.3. The first-order chi connectivity index (χ1) is 10.8. The molecule has 132 valence electrons. The van der Waals surface area contributed by atoms with Crippen molar-refractivity contribution in [1.82, 2.24) is 10.6 Å². The summed E-state index contributed by atoms with van der Waals surface area (Å²) in [4.78, 5) is 0. The van der Waals surface area contributed by atoms with Gasteiger partial charge in [-0.2, -0.15) is 0 Å². The maximum absolute atomic E-state index is 7.62. The van der Waals surface area contributed by atoms with E-state index >= 15 is 0 Å². The molecule has 0 aromatic carbocycles. The van der Waals surface area contributed by atoms with Crippen molar-refractivity contribution in [3.8, 4) is 0 Å². The molecule has 22 heavy (non-hydrogen) atoms. The Morgan fingerprint density at radius 3 is 1.36 bits per heavy atom. The van der Waals surface area contributed by atoms with E-state index < -0.39 is 0 Å². The molecule has 0 heterocycles. The van der Waals surface area contributed by atoms with E-state index in [4.69, 9.17) is 35.8 Å². The highest BCUT2D eigenvalue weighted by atomic mass is 16.5. The molecule has 9 heteroatoms. The predicted molar refractivity (Wildman–Crippen MR) is 85.1 cm³/mol. The van der Waals surface area contributed by atoms with Crippen LogP contribution in [0, 0.1) is 5.41 Å². The van der Waals surface area contributed by atoms with Crippen LogP contribution >= 0.6 is 0 Å². The minimum atomic E-state index is 0.256. The maximum Gasteiger partial charge on any atom is 0.188 e. The second kappa shape index (κ2) is 18.1. The molecule has 0 rings (SSSR count). The number of hydrogen-bond donors (Lipinski definition) is 5. The van der Waals surface area contributed by atoms with Crippen molar-refractivity contribution in [3.63, 3.8) is 0 Å². The average Bonchev–Trinajstić information content (AvgIpc) is 2.52. The van der Waals surface area contributed by atoms with E-state index in [1.807, 2.05) is 0 Å². The topological polar surface area (TPSA) is 137 Å².